The highest BCUT2D eigenvalue weighted by molar-refractivity contribution is 5.80. The number of carbonyl (C=O) groups is 1. The van der Waals surface area contributed by atoms with E-state index in [0.29, 0.717) is 5.92 Å². The average Bonchev–Trinajstić information content (AvgIpc) is 3.00. The first-order valence-electron chi connectivity index (χ1n) is 10.4. The second-order valence-electron chi connectivity index (χ2n) is 8.86. The first-order chi connectivity index (χ1) is 13.0. The van der Waals surface area contributed by atoms with Crippen molar-refractivity contribution in [2.45, 2.75) is 52.5 Å². The number of hydrogen-bond donors (Lipinski definition) is 1. The molecule has 146 valence electrons. The number of amides is 1. The van der Waals surface area contributed by atoms with Crippen molar-refractivity contribution >= 4 is 16.9 Å². The molecule has 0 aliphatic carbocycles. The Bertz CT molecular complexity index is 804. The van der Waals surface area contributed by atoms with Gasteiger partial charge in [0.2, 0.25) is 5.91 Å². The maximum Gasteiger partial charge on any atom is 0.219 e. The molecule has 27 heavy (non-hydrogen) atoms. The third-order valence-corrected chi connectivity index (χ3v) is 6.29. The van der Waals surface area contributed by atoms with Crippen LogP contribution in [0.5, 0.6) is 0 Å². The van der Waals surface area contributed by atoms with Crippen LogP contribution >= 0.6 is 0 Å². The van der Waals surface area contributed by atoms with Crippen molar-refractivity contribution in [1.82, 2.24) is 19.8 Å². The number of aromatic amines is 1. The van der Waals surface area contributed by atoms with Crippen LogP contribution in [0.25, 0.3) is 11.0 Å². The summed E-state index contributed by atoms with van der Waals surface area (Å²) in [5, 5.41) is 0. The largest absolute Gasteiger partial charge is 0.357 e. The number of aromatic nitrogens is 2. The Labute approximate surface area is 162 Å². The number of likely N-dealkylation sites (tertiary alicyclic amines) is 2. The van der Waals surface area contributed by atoms with E-state index in [1.807, 2.05) is 17.2 Å². The number of piperidine rings is 2. The van der Waals surface area contributed by atoms with E-state index in [0.717, 1.165) is 68.4 Å². The average molecular weight is 369 g/mol. The molecule has 2 aliphatic rings. The van der Waals surface area contributed by atoms with Gasteiger partial charge in [-0.1, -0.05) is 13.8 Å². The van der Waals surface area contributed by atoms with E-state index in [1.54, 1.807) is 6.92 Å². The molecule has 3 atom stereocenters. The lowest BCUT2D eigenvalue weighted by Crippen LogP contribution is -2.39. The molecule has 1 N–H and O–H groups in total. The van der Waals surface area contributed by atoms with Gasteiger partial charge in [-0.15, -0.1) is 0 Å². The second-order valence-corrected chi connectivity index (χ2v) is 8.86. The summed E-state index contributed by atoms with van der Waals surface area (Å²) in [4.78, 5) is 24.9. The first-order valence-corrected chi connectivity index (χ1v) is 10.4. The summed E-state index contributed by atoms with van der Waals surface area (Å²) in [6.07, 6.45) is 5.43. The Balaban J connectivity index is 1.66. The Morgan fingerprint density at radius 3 is 2.78 bits per heavy atom. The number of hydrogen-bond acceptors (Lipinski definition) is 3. The molecule has 0 radical (unpaired) electrons. The Hall–Kier alpha value is -1.88. The number of rotatable bonds is 3. The van der Waals surface area contributed by atoms with Gasteiger partial charge in [0.1, 0.15) is 0 Å². The Morgan fingerprint density at radius 2 is 2.04 bits per heavy atom. The summed E-state index contributed by atoms with van der Waals surface area (Å²) in [5.41, 5.74) is 4.89. The van der Waals surface area contributed by atoms with Gasteiger partial charge in [-0.25, -0.2) is 0 Å². The molecule has 2 aromatic heterocycles. The first kappa shape index (κ1) is 18.5. The standard InChI is InChI=1S/C22H32N4O/c1-15-10-16(2)12-25(11-15)14-19-21(24-20-7-4-8-23-22(19)20)18-6-5-9-26(13-18)17(3)27/h4,7-8,15-16,18,24H,5-6,9-14H2,1-3H3/t15-,16+,18-/m0/s1. The maximum atomic E-state index is 11.9. The molecule has 4 rings (SSSR count). The highest BCUT2D eigenvalue weighted by Gasteiger charge is 2.29. The van der Waals surface area contributed by atoms with Crippen LogP contribution in [0.1, 0.15) is 57.2 Å². The van der Waals surface area contributed by atoms with E-state index in [2.05, 4.69) is 29.8 Å². The summed E-state index contributed by atoms with van der Waals surface area (Å²) in [5.74, 6) is 2.07. The van der Waals surface area contributed by atoms with Crippen molar-refractivity contribution in [3.63, 3.8) is 0 Å². The van der Waals surface area contributed by atoms with Crippen molar-refractivity contribution < 1.29 is 4.79 Å². The molecule has 0 bridgehead atoms. The third-order valence-electron chi connectivity index (χ3n) is 6.29. The van der Waals surface area contributed by atoms with Gasteiger partial charge in [0.05, 0.1) is 11.0 Å². The lowest BCUT2D eigenvalue weighted by Gasteiger charge is -2.36. The van der Waals surface area contributed by atoms with Gasteiger partial charge in [-0.05, 0) is 43.2 Å². The molecule has 5 nitrogen and oxygen atoms in total. The van der Waals surface area contributed by atoms with E-state index >= 15 is 0 Å². The Morgan fingerprint density at radius 1 is 1.26 bits per heavy atom. The summed E-state index contributed by atoms with van der Waals surface area (Å²) < 4.78 is 0. The van der Waals surface area contributed by atoms with Crippen LogP contribution in [0.2, 0.25) is 0 Å². The minimum absolute atomic E-state index is 0.189. The van der Waals surface area contributed by atoms with E-state index in [4.69, 9.17) is 4.98 Å². The highest BCUT2D eigenvalue weighted by atomic mass is 16.2. The topological polar surface area (TPSA) is 52.2 Å². The molecule has 2 aromatic rings. The van der Waals surface area contributed by atoms with Gasteiger partial charge < -0.3 is 9.88 Å². The van der Waals surface area contributed by atoms with Crippen molar-refractivity contribution in [1.29, 1.82) is 0 Å². The molecule has 2 aliphatic heterocycles. The zero-order valence-corrected chi connectivity index (χ0v) is 16.9. The summed E-state index contributed by atoms with van der Waals surface area (Å²) in [7, 11) is 0. The lowest BCUT2D eigenvalue weighted by molar-refractivity contribution is -0.130. The van der Waals surface area contributed by atoms with Gasteiger partial charge in [-0.3, -0.25) is 14.7 Å². The number of pyridine rings is 1. The maximum absolute atomic E-state index is 11.9. The minimum Gasteiger partial charge on any atom is -0.357 e. The zero-order valence-electron chi connectivity index (χ0n) is 16.9. The van der Waals surface area contributed by atoms with Crippen LogP contribution in [0.3, 0.4) is 0 Å². The fourth-order valence-electron chi connectivity index (χ4n) is 5.25. The molecule has 0 aromatic carbocycles. The Kier molecular flexibility index (Phi) is 5.22. The van der Waals surface area contributed by atoms with Crippen LogP contribution in [0.4, 0.5) is 0 Å². The number of nitrogens with one attached hydrogen (secondary N) is 1. The van der Waals surface area contributed by atoms with Crippen LogP contribution in [0, 0.1) is 11.8 Å². The zero-order chi connectivity index (χ0) is 19.0. The molecular formula is C22H32N4O. The number of fused-ring (bicyclic) bond motifs is 1. The molecule has 5 heteroatoms. The predicted molar refractivity (Wildman–Crippen MR) is 109 cm³/mol. The SMILES string of the molecule is CC(=O)N1CCC[C@H](c2[nH]c3cccnc3c2CN2C[C@H](C)C[C@H](C)C2)C1. The van der Waals surface area contributed by atoms with Crippen LogP contribution in [0.15, 0.2) is 18.3 Å². The third kappa shape index (κ3) is 3.88. The molecule has 1 amide bonds. The summed E-state index contributed by atoms with van der Waals surface area (Å²) in [6.45, 7) is 11.4. The number of carbonyl (C=O) groups excluding carboxylic acids is 1. The van der Waals surface area contributed by atoms with E-state index < -0.39 is 0 Å². The van der Waals surface area contributed by atoms with Crippen LogP contribution in [-0.4, -0.2) is 51.9 Å². The predicted octanol–water partition coefficient (Wildman–Crippen LogP) is 3.77. The van der Waals surface area contributed by atoms with Crippen molar-refractivity contribution in [2.75, 3.05) is 26.2 Å². The van der Waals surface area contributed by atoms with Crippen molar-refractivity contribution in [3.05, 3.63) is 29.6 Å². The minimum atomic E-state index is 0.189. The van der Waals surface area contributed by atoms with Gasteiger partial charge in [0.15, 0.2) is 0 Å². The van der Waals surface area contributed by atoms with Crippen molar-refractivity contribution in [2.24, 2.45) is 11.8 Å². The molecule has 2 saturated heterocycles. The van der Waals surface area contributed by atoms with E-state index in [-0.39, 0.29) is 5.91 Å². The normalized spacial score (nSPS) is 27.2. The lowest BCUT2D eigenvalue weighted by atomic mass is 9.90. The van der Waals surface area contributed by atoms with Gasteiger partial charge in [0.25, 0.3) is 0 Å². The van der Waals surface area contributed by atoms with E-state index in [1.165, 1.54) is 17.7 Å². The summed E-state index contributed by atoms with van der Waals surface area (Å²) >= 11 is 0. The number of nitrogens with zero attached hydrogens (tertiary/aromatic N) is 3. The van der Waals surface area contributed by atoms with Gasteiger partial charge in [0, 0.05) is 63.0 Å². The highest BCUT2D eigenvalue weighted by Crippen LogP contribution is 2.34. The van der Waals surface area contributed by atoms with Gasteiger partial charge >= 0.3 is 0 Å². The fourth-order valence-corrected chi connectivity index (χ4v) is 5.25. The summed E-state index contributed by atoms with van der Waals surface area (Å²) in [6, 6.07) is 4.13. The molecule has 0 spiro atoms. The number of H-pyrrole nitrogens is 1. The molecule has 2 fully saturated rings. The van der Waals surface area contributed by atoms with Gasteiger partial charge in [-0.2, -0.15) is 0 Å². The second kappa shape index (κ2) is 7.63. The monoisotopic (exact) mass is 368 g/mol. The molecular weight excluding hydrogens is 336 g/mol. The fraction of sp³-hybridized carbons (Fsp3) is 0.636. The van der Waals surface area contributed by atoms with E-state index in [9.17, 15) is 4.79 Å². The van der Waals surface area contributed by atoms with Crippen molar-refractivity contribution in [3.8, 4) is 0 Å². The quantitative estimate of drug-likeness (QED) is 0.897. The van der Waals surface area contributed by atoms with Crippen LogP contribution < -0.4 is 0 Å². The molecule has 4 heterocycles. The molecule has 0 unspecified atom stereocenters. The smallest absolute Gasteiger partial charge is 0.219 e. The van der Waals surface area contributed by atoms with Crippen LogP contribution in [-0.2, 0) is 11.3 Å². The molecule has 0 saturated carbocycles.